The Morgan fingerprint density at radius 1 is 1.33 bits per heavy atom. The molecule has 1 heterocycles. The molecule has 0 fully saturated rings. The number of thiophene rings is 1. The summed E-state index contributed by atoms with van der Waals surface area (Å²) in [4.78, 5) is 1.26. The summed E-state index contributed by atoms with van der Waals surface area (Å²) in [7, 11) is 0. The summed E-state index contributed by atoms with van der Waals surface area (Å²) >= 11 is 5.22. The molecule has 0 aliphatic heterocycles. The Hall–Kier alpha value is -0.710. The zero-order chi connectivity index (χ0) is 13.1. The van der Waals surface area contributed by atoms with Crippen LogP contribution in [0.5, 0.6) is 0 Å². The predicted molar refractivity (Wildman–Crippen MR) is 78.7 cm³/mol. The molecule has 1 unspecified atom stereocenters. The Labute approximate surface area is 119 Å². The van der Waals surface area contributed by atoms with Crippen LogP contribution in [0.25, 0.3) is 0 Å². The van der Waals surface area contributed by atoms with Crippen molar-refractivity contribution in [1.82, 2.24) is 5.32 Å². The molecule has 0 spiro atoms. The van der Waals surface area contributed by atoms with Crippen LogP contribution in [0.3, 0.4) is 0 Å². The Morgan fingerprint density at radius 2 is 2.11 bits per heavy atom. The molecule has 0 saturated heterocycles. The maximum Gasteiger partial charge on any atom is 0.123 e. The van der Waals surface area contributed by atoms with Gasteiger partial charge < -0.3 is 5.32 Å². The number of rotatable bonds is 4. The van der Waals surface area contributed by atoms with E-state index in [0.717, 1.165) is 16.6 Å². The number of halogens is 2. The van der Waals surface area contributed by atoms with E-state index in [1.54, 1.807) is 23.5 Å². The van der Waals surface area contributed by atoms with Crippen molar-refractivity contribution >= 4 is 27.3 Å². The molecule has 2 rings (SSSR count). The summed E-state index contributed by atoms with van der Waals surface area (Å²) in [5, 5.41) is 5.49. The van der Waals surface area contributed by atoms with E-state index >= 15 is 0 Å². The molecular formula is C14H15BrFNS. The van der Waals surface area contributed by atoms with Gasteiger partial charge in [-0.15, -0.1) is 11.3 Å². The first-order valence-electron chi connectivity index (χ1n) is 5.85. The van der Waals surface area contributed by atoms with E-state index in [1.165, 1.54) is 16.5 Å². The lowest BCUT2D eigenvalue weighted by Crippen LogP contribution is -2.22. The molecule has 0 bridgehead atoms. The third-order valence-electron chi connectivity index (χ3n) is 2.89. The normalized spacial score (nSPS) is 12.7. The minimum atomic E-state index is -0.205. The lowest BCUT2D eigenvalue weighted by atomic mass is 9.99. The lowest BCUT2D eigenvalue weighted by Gasteiger charge is -2.20. The molecule has 0 amide bonds. The second kappa shape index (κ2) is 5.95. The largest absolute Gasteiger partial charge is 0.306 e. The van der Waals surface area contributed by atoms with Gasteiger partial charge in [0, 0.05) is 9.35 Å². The zero-order valence-corrected chi connectivity index (χ0v) is 12.7. The maximum atomic E-state index is 13.4. The van der Waals surface area contributed by atoms with Gasteiger partial charge in [-0.1, -0.05) is 22.9 Å². The van der Waals surface area contributed by atoms with Gasteiger partial charge in [-0.05, 0) is 54.2 Å². The minimum absolute atomic E-state index is 0.0336. The van der Waals surface area contributed by atoms with Crippen LogP contribution in [-0.4, -0.2) is 6.54 Å². The SMILES string of the molecule is CCNC(c1cc(F)ccc1Br)c1ccsc1C. The first kappa shape index (κ1) is 13.7. The van der Waals surface area contributed by atoms with Gasteiger partial charge >= 0.3 is 0 Å². The Bertz CT molecular complexity index is 538. The summed E-state index contributed by atoms with van der Waals surface area (Å²) in [6.07, 6.45) is 0. The number of hydrogen-bond acceptors (Lipinski definition) is 2. The molecule has 1 atom stereocenters. The molecule has 4 heteroatoms. The van der Waals surface area contributed by atoms with Crippen LogP contribution in [0.15, 0.2) is 34.1 Å². The van der Waals surface area contributed by atoms with Crippen molar-refractivity contribution in [1.29, 1.82) is 0 Å². The van der Waals surface area contributed by atoms with E-state index in [1.807, 2.05) is 0 Å². The van der Waals surface area contributed by atoms with Gasteiger partial charge in [0.05, 0.1) is 6.04 Å². The van der Waals surface area contributed by atoms with E-state index in [9.17, 15) is 4.39 Å². The molecule has 96 valence electrons. The molecule has 18 heavy (non-hydrogen) atoms. The summed E-state index contributed by atoms with van der Waals surface area (Å²) in [6, 6.07) is 6.96. The Balaban J connectivity index is 2.48. The van der Waals surface area contributed by atoms with E-state index in [-0.39, 0.29) is 11.9 Å². The van der Waals surface area contributed by atoms with E-state index in [0.29, 0.717) is 0 Å². The molecule has 1 aromatic carbocycles. The van der Waals surface area contributed by atoms with Crippen LogP contribution in [0, 0.1) is 12.7 Å². The van der Waals surface area contributed by atoms with Crippen molar-refractivity contribution in [3.05, 3.63) is 55.9 Å². The summed E-state index contributed by atoms with van der Waals surface area (Å²) in [6.45, 7) is 4.99. The molecule has 1 aromatic heterocycles. The van der Waals surface area contributed by atoms with Crippen molar-refractivity contribution in [2.24, 2.45) is 0 Å². The predicted octanol–water partition coefficient (Wildman–Crippen LogP) is 4.66. The van der Waals surface area contributed by atoms with E-state index < -0.39 is 0 Å². The van der Waals surface area contributed by atoms with Crippen molar-refractivity contribution in [3.63, 3.8) is 0 Å². The quantitative estimate of drug-likeness (QED) is 0.861. The van der Waals surface area contributed by atoms with Crippen LogP contribution < -0.4 is 5.32 Å². The number of hydrogen-bond donors (Lipinski definition) is 1. The smallest absolute Gasteiger partial charge is 0.123 e. The average Bonchev–Trinajstić information content (AvgIpc) is 2.76. The van der Waals surface area contributed by atoms with Crippen molar-refractivity contribution in [3.8, 4) is 0 Å². The lowest BCUT2D eigenvalue weighted by molar-refractivity contribution is 0.601. The van der Waals surface area contributed by atoms with Crippen LogP contribution in [0.2, 0.25) is 0 Å². The first-order chi connectivity index (χ1) is 8.63. The fourth-order valence-electron chi connectivity index (χ4n) is 2.02. The monoisotopic (exact) mass is 327 g/mol. The first-order valence-corrected chi connectivity index (χ1v) is 7.53. The number of benzene rings is 1. The van der Waals surface area contributed by atoms with E-state index in [2.05, 4.69) is 46.5 Å². The van der Waals surface area contributed by atoms with Gasteiger partial charge in [0.2, 0.25) is 0 Å². The average molecular weight is 328 g/mol. The van der Waals surface area contributed by atoms with Crippen molar-refractivity contribution in [2.45, 2.75) is 19.9 Å². The number of aryl methyl sites for hydroxylation is 1. The van der Waals surface area contributed by atoms with Gasteiger partial charge in [-0.3, -0.25) is 0 Å². The van der Waals surface area contributed by atoms with Crippen molar-refractivity contribution < 1.29 is 4.39 Å². The molecule has 0 aliphatic rings. The highest BCUT2D eigenvalue weighted by Gasteiger charge is 2.18. The van der Waals surface area contributed by atoms with Gasteiger partial charge in [0.1, 0.15) is 5.82 Å². The number of nitrogens with one attached hydrogen (secondary N) is 1. The summed E-state index contributed by atoms with van der Waals surface area (Å²) < 4.78 is 14.4. The van der Waals surface area contributed by atoms with Crippen molar-refractivity contribution in [2.75, 3.05) is 6.54 Å². The zero-order valence-electron chi connectivity index (χ0n) is 10.3. The summed E-state index contributed by atoms with van der Waals surface area (Å²) in [5.74, 6) is -0.205. The summed E-state index contributed by atoms with van der Waals surface area (Å²) in [5.41, 5.74) is 2.16. The minimum Gasteiger partial charge on any atom is -0.306 e. The van der Waals surface area contributed by atoms with Crippen LogP contribution >= 0.6 is 27.3 Å². The topological polar surface area (TPSA) is 12.0 Å². The third kappa shape index (κ3) is 2.82. The maximum absolute atomic E-state index is 13.4. The van der Waals surface area contributed by atoms with Gasteiger partial charge in [-0.2, -0.15) is 0 Å². The van der Waals surface area contributed by atoms with Crippen LogP contribution in [0.1, 0.15) is 29.0 Å². The Morgan fingerprint density at radius 3 is 2.72 bits per heavy atom. The molecule has 1 N–H and O–H groups in total. The highest BCUT2D eigenvalue weighted by atomic mass is 79.9. The standard InChI is InChI=1S/C14H15BrFNS/c1-3-17-14(11-6-7-18-9(11)2)12-8-10(16)4-5-13(12)15/h4-8,14,17H,3H2,1-2H3. The van der Waals surface area contributed by atoms with Gasteiger partial charge in [0.25, 0.3) is 0 Å². The third-order valence-corrected chi connectivity index (χ3v) is 4.47. The molecule has 2 aromatic rings. The second-order valence-corrected chi connectivity index (χ2v) is 6.06. The Kier molecular flexibility index (Phi) is 4.54. The molecule has 0 radical (unpaired) electrons. The fraction of sp³-hybridized carbons (Fsp3) is 0.286. The molecule has 0 saturated carbocycles. The fourth-order valence-corrected chi connectivity index (χ4v) is 3.24. The van der Waals surface area contributed by atoms with Gasteiger partial charge in [0.15, 0.2) is 0 Å². The molecular weight excluding hydrogens is 313 g/mol. The van der Waals surface area contributed by atoms with Crippen LogP contribution in [0.4, 0.5) is 4.39 Å². The molecule has 0 aliphatic carbocycles. The molecule has 1 nitrogen and oxygen atoms in total. The van der Waals surface area contributed by atoms with Gasteiger partial charge in [-0.25, -0.2) is 4.39 Å². The second-order valence-electron chi connectivity index (χ2n) is 4.09. The highest BCUT2D eigenvalue weighted by Crippen LogP contribution is 2.32. The highest BCUT2D eigenvalue weighted by molar-refractivity contribution is 9.10. The van der Waals surface area contributed by atoms with Crippen LogP contribution in [-0.2, 0) is 0 Å². The van der Waals surface area contributed by atoms with E-state index in [4.69, 9.17) is 0 Å².